The molecule has 0 saturated carbocycles. The van der Waals surface area contributed by atoms with Crippen molar-refractivity contribution in [2.45, 2.75) is 6.42 Å². The number of carbonyl (C=O) groups excluding carboxylic acids is 1. The highest BCUT2D eigenvalue weighted by molar-refractivity contribution is 5.90. The summed E-state index contributed by atoms with van der Waals surface area (Å²) in [6, 6.07) is 2.56. The highest BCUT2D eigenvalue weighted by atomic mass is 19.2. The van der Waals surface area contributed by atoms with E-state index in [1.807, 2.05) is 0 Å². The molecular weight excluding hydrogens is 242 g/mol. The monoisotopic (exact) mass is 258 g/mol. The highest BCUT2D eigenvalue weighted by Crippen LogP contribution is 2.23. The second kappa shape index (κ2) is 6.30. The van der Waals surface area contributed by atoms with Crippen molar-refractivity contribution in [1.29, 1.82) is 0 Å². The van der Waals surface area contributed by atoms with Crippen LogP contribution in [-0.2, 0) is 4.74 Å². The molecule has 2 N–H and O–H groups in total. The second-order valence-corrected chi connectivity index (χ2v) is 3.82. The van der Waals surface area contributed by atoms with Crippen molar-refractivity contribution in [1.82, 2.24) is 0 Å². The van der Waals surface area contributed by atoms with Crippen LogP contribution >= 0.6 is 0 Å². The van der Waals surface area contributed by atoms with Crippen LogP contribution in [0.25, 0.3) is 0 Å². The van der Waals surface area contributed by atoms with Crippen LogP contribution in [0.4, 0.5) is 14.5 Å². The van der Waals surface area contributed by atoms with Gasteiger partial charge in [0.15, 0.2) is 11.6 Å². The van der Waals surface area contributed by atoms with Gasteiger partial charge in [0.2, 0.25) is 0 Å². The average molecular weight is 258 g/mol. The molecule has 4 nitrogen and oxygen atoms in total. The van der Waals surface area contributed by atoms with Crippen molar-refractivity contribution < 1.29 is 18.3 Å². The van der Waals surface area contributed by atoms with Gasteiger partial charge >= 0.3 is 5.97 Å². The Morgan fingerprint density at radius 1 is 1.39 bits per heavy atom. The molecular formula is C12H16F2N2O2. The molecule has 100 valence electrons. The van der Waals surface area contributed by atoms with Crippen LogP contribution in [0, 0.1) is 11.6 Å². The number of anilines is 1. The van der Waals surface area contributed by atoms with Gasteiger partial charge in [-0.3, -0.25) is 0 Å². The molecule has 0 spiro atoms. The zero-order valence-corrected chi connectivity index (χ0v) is 10.4. The number of benzene rings is 1. The third kappa shape index (κ3) is 2.95. The molecule has 1 rings (SSSR count). The Hall–Kier alpha value is -1.69. The van der Waals surface area contributed by atoms with E-state index < -0.39 is 23.2 Å². The number of rotatable bonds is 5. The minimum Gasteiger partial charge on any atom is -0.465 e. The molecule has 1 aromatic carbocycles. The normalized spacial score (nSPS) is 10.3. The first-order valence-corrected chi connectivity index (χ1v) is 5.50. The van der Waals surface area contributed by atoms with Crippen LogP contribution in [0.2, 0.25) is 0 Å². The summed E-state index contributed by atoms with van der Waals surface area (Å²) in [6.45, 7) is 0.971. The van der Waals surface area contributed by atoms with Crippen LogP contribution in [0.1, 0.15) is 16.8 Å². The van der Waals surface area contributed by atoms with Crippen LogP contribution in [-0.4, -0.2) is 33.2 Å². The van der Waals surface area contributed by atoms with Crippen molar-refractivity contribution in [3.63, 3.8) is 0 Å². The van der Waals surface area contributed by atoms with Crippen molar-refractivity contribution in [3.8, 4) is 0 Å². The van der Waals surface area contributed by atoms with Gasteiger partial charge in [-0.25, -0.2) is 13.6 Å². The molecule has 0 atom stereocenters. The standard InChI is InChI=1S/C12H16F2N2O2/c1-16(7-3-6-15)9-5-4-8(12(17)18-2)10(13)11(9)14/h4-5H,3,6-7,15H2,1-2H3. The summed E-state index contributed by atoms with van der Waals surface area (Å²) in [4.78, 5) is 12.7. The summed E-state index contributed by atoms with van der Waals surface area (Å²) >= 11 is 0. The van der Waals surface area contributed by atoms with Gasteiger partial charge in [0.1, 0.15) is 0 Å². The number of esters is 1. The summed E-state index contributed by atoms with van der Waals surface area (Å²) in [5.74, 6) is -3.15. The minimum atomic E-state index is -1.20. The van der Waals surface area contributed by atoms with Crippen LogP contribution in [0.15, 0.2) is 12.1 Å². The number of hydrogen-bond acceptors (Lipinski definition) is 4. The predicted octanol–water partition coefficient (Wildman–Crippen LogP) is 1.54. The molecule has 0 fully saturated rings. The van der Waals surface area contributed by atoms with E-state index in [0.29, 0.717) is 19.5 Å². The fraction of sp³-hybridized carbons (Fsp3) is 0.417. The molecule has 18 heavy (non-hydrogen) atoms. The van der Waals surface area contributed by atoms with Crippen LogP contribution in [0.5, 0.6) is 0 Å². The maximum atomic E-state index is 13.8. The zero-order chi connectivity index (χ0) is 13.7. The van der Waals surface area contributed by atoms with Crippen molar-refractivity contribution in [2.75, 3.05) is 32.1 Å². The van der Waals surface area contributed by atoms with E-state index in [1.165, 1.54) is 12.1 Å². The Kier molecular flexibility index (Phi) is 5.03. The first kappa shape index (κ1) is 14.4. The molecule has 0 radical (unpaired) electrons. The summed E-state index contributed by atoms with van der Waals surface area (Å²) < 4.78 is 31.8. The van der Waals surface area contributed by atoms with Gasteiger partial charge in [0.25, 0.3) is 0 Å². The van der Waals surface area contributed by atoms with E-state index in [9.17, 15) is 13.6 Å². The van der Waals surface area contributed by atoms with Crippen molar-refractivity contribution in [3.05, 3.63) is 29.3 Å². The lowest BCUT2D eigenvalue weighted by atomic mass is 10.1. The third-order valence-electron chi connectivity index (χ3n) is 2.58. The van der Waals surface area contributed by atoms with E-state index in [2.05, 4.69) is 4.74 Å². The number of nitrogens with two attached hydrogens (primary N) is 1. The lowest BCUT2D eigenvalue weighted by molar-refractivity contribution is 0.0594. The number of methoxy groups -OCH3 is 1. The highest BCUT2D eigenvalue weighted by Gasteiger charge is 2.20. The number of hydrogen-bond donors (Lipinski definition) is 1. The minimum absolute atomic E-state index is 0.0913. The molecule has 0 saturated heterocycles. The van der Waals surface area contributed by atoms with Crippen molar-refractivity contribution in [2.24, 2.45) is 5.73 Å². The first-order valence-electron chi connectivity index (χ1n) is 5.50. The second-order valence-electron chi connectivity index (χ2n) is 3.82. The molecule has 0 unspecified atom stereocenters. The summed E-state index contributed by atoms with van der Waals surface area (Å²) in [5, 5.41) is 0. The predicted molar refractivity (Wildman–Crippen MR) is 64.6 cm³/mol. The first-order chi connectivity index (χ1) is 8.52. The van der Waals surface area contributed by atoms with Gasteiger partial charge < -0.3 is 15.4 Å². The van der Waals surface area contributed by atoms with Gasteiger partial charge in [-0.15, -0.1) is 0 Å². The maximum Gasteiger partial charge on any atom is 0.340 e. The topological polar surface area (TPSA) is 55.6 Å². The van der Waals surface area contributed by atoms with E-state index in [0.717, 1.165) is 7.11 Å². The third-order valence-corrected chi connectivity index (χ3v) is 2.58. The Labute approximate surface area is 104 Å². The van der Waals surface area contributed by atoms with E-state index in [-0.39, 0.29) is 5.69 Å². The molecule has 0 heterocycles. The fourth-order valence-corrected chi connectivity index (χ4v) is 1.55. The Balaban J connectivity index is 3.04. The van der Waals surface area contributed by atoms with Gasteiger partial charge in [-0.1, -0.05) is 0 Å². The van der Waals surface area contributed by atoms with E-state index in [1.54, 1.807) is 11.9 Å². The number of carbonyl (C=O) groups is 1. The summed E-state index contributed by atoms with van der Waals surface area (Å²) in [5.41, 5.74) is 5.03. The lowest BCUT2D eigenvalue weighted by Crippen LogP contribution is -2.23. The molecule has 0 aliphatic carbocycles. The molecule has 0 aromatic heterocycles. The number of ether oxygens (including phenoxy) is 1. The Bertz CT molecular complexity index is 438. The quantitative estimate of drug-likeness (QED) is 0.814. The maximum absolute atomic E-state index is 13.8. The Morgan fingerprint density at radius 3 is 2.61 bits per heavy atom. The largest absolute Gasteiger partial charge is 0.465 e. The molecule has 0 aliphatic heterocycles. The zero-order valence-electron chi connectivity index (χ0n) is 10.4. The van der Waals surface area contributed by atoms with Crippen LogP contribution in [0.3, 0.4) is 0 Å². The Morgan fingerprint density at radius 2 is 2.06 bits per heavy atom. The van der Waals surface area contributed by atoms with Gasteiger partial charge in [0, 0.05) is 13.6 Å². The number of nitrogens with zero attached hydrogens (tertiary/aromatic N) is 1. The summed E-state index contributed by atoms with van der Waals surface area (Å²) in [6.07, 6.45) is 0.663. The van der Waals surface area contributed by atoms with E-state index >= 15 is 0 Å². The lowest BCUT2D eigenvalue weighted by Gasteiger charge is -2.20. The molecule has 0 aliphatic rings. The fourth-order valence-electron chi connectivity index (χ4n) is 1.55. The van der Waals surface area contributed by atoms with Gasteiger partial charge in [-0.05, 0) is 25.1 Å². The number of halogens is 2. The van der Waals surface area contributed by atoms with E-state index in [4.69, 9.17) is 5.73 Å². The molecule has 1 aromatic rings. The van der Waals surface area contributed by atoms with Crippen molar-refractivity contribution >= 4 is 11.7 Å². The average Bonchev–Trinajstić information content (AvgIpc) is 2.38. The van der Waals surface area contributed by atoms with Crippen LogP contribution < -0.4 is 10.6 Å². The molecule has 0 amide bonds. The SMILES string of the molecule is COC(=O)c1ccc(N(C)CCCN)c(F)c1F. The summed E-state index contributed by atoms with van der Waals surface area (Å²) in [7, 11) is 2.74. The smallest absolute Gasteiger partial charge is 0.340 e. The van der Waals surface area contributed by atoms with Gasteiger partial charge in [0.05, 0.1) is 18.4 Å². The molecule has 0 bridgehead atoms. The molecule has 6 heteroatoms. The van der Waals surface area contributed by atoms with Gasteiger partial charge in [-0.2, -0.15) is 0 Å².